The summed E-state index contributed by atoms with van der Waals surface area (Å²) >= 11 is 0. The lowest BCUT2D eigenvalue weighted by Gasteiger charge is -2.33. The monoisotopic (exact) mass is 258 g/mol. The minimum absolute atomic E-state index is 0.193. The average Bonchev–Trinajstić information content (AvgIpc) is 2.26. The third-order valence-electron chi connectivity index (χ3n) is 3.45. The lowest BCUT2D eigenvalue weighted by atomic mass is 9.93. The molecule has 0 aromatic heterocycles. The third kappa shape index (κ3) is 5.85. The number of carbonyl (C=O) groups excluding carboxylic acids is 1. The normalized spacial score (nSPS) is 13.6. The van der Waals surface area contributed by atoms with E-state index in [1.807, 2.05) is 48.5 Å². The molecule has 0 rings (SSSR count). The summed E-state index contributed by atoms with van der Waals surface area (Å²) in [5.74, 6) is -0.193. The Morgan fingerprint density at radius 2 is 1.33 bits per heavy atom. The van der Waals surface area contributed by atoms with Crippen LogP contribution in [0.2, 0.25) is 0 Å². The van der Waals surface area contributed by atoms with Crippen molar-refractivity contribution in [1.29, 1.82) is 0 Å². The Kier molecular flexibility index (Phi) is 5.86. The summed E-state index contributed by atoms with van der Waals surface area (Å²) in [4.78, 5) is 12.1. The van der Waals surface area contributed by atoms with Crippen LogP contribution in [0.25, 0.3) is 0 Å². The summed E-state index contributed by atoms with van der Waals surface area (Å²) in [6.45, 7) is 16.1. The van der Waals surface area contributed by atoms with Gasteiger partial charge < -0.3 is 9.47 Å². The molecule has 3 heteroatoms. The maximum absolute atomic E-state index is 12.1. The van der Waals surface area contributed by atoms with E-state index < -0.39 is 11.0 Å². The second-order valence-corrected chi connectivity index (χ2v) is 6.79. The molecule has 0 aromatic carbocycles. The molecule has 108 valence electrons. The highest BCUT2D eigenvalue weighted by Crippen LogP contribution is 2.26. The fourth-order valence-electron chi connectivity index (χ4n) is 0.998. The highest BCUT2D eigenvalue weighted by atomic mass is 16.6. The SMILES string of the molecule is CCC(C)(C)OCC(C)(C)C(=O)OC(C)(C)CC. The summed E-state index contributed by atoms with van der Waals surface area (Å²) < 4.78 is 11.3. The van der Waals surface area contributed by atoms with E-state index in [0.29, 0.717) is 6.61 Å². The van der Waals surface area contributed by atoms with E-state index in [9.17, 15) is 4.79 Å². The first-order valence-corrected chi connectivity index (χ1v) is 6.83. The summed E-state index contributed by atoms with van der Waals surface area (Å²) in [7, 11) is 0. The zero-order valence-electron chi connectivity index (χ0n) is 13.3. The number of rotatable bonds is 7. The van der Waals surface area contributed by atoms with Crippen molar-refractivity contribution < 1.29 is 14.3 Å². The minimum atomic E-state index is -0.612. The minimum Gasteiger partial charge on any atom is -0.459 e. The van der Waals surface area contributed by atoms with E-state index in [2.05, 4.69) is 6.92 Å². The molecule has 0 aliphatic carbocycles. The third-order valence-corrected chi connectivity index (χ3v) is 3.45. The van der Waals surface area contributed by atoms with Crippen LogP contribution in [0.15, 0.2) is 0 Å². The van der Waals surface area contributed by atoms with Crippen molar-refractivity contribution in [3.05, 3.63) is 0 Å². The molecule has 0 atom stereocenters. The molecule has 0 aliphatic heterocycles. The van der Waals surface area contributed by atoms with Crippen LogP contribution in [0.5, 0.6) is 0 Å². The van der Waals surface area contributed by atoms with Crippen LogP contribution in [-0.2, 0) is 14.3 Å². The van der Waals surface area contributed by atoms with Gasteiger partial charge in [-0.25, -0.2) is 0 Å². The lowest BCUT2D eigenvalue weighted by Crippen LogP contribution is -2.40. The Labute approximate surface area is 112 Å². The van der Waals surface area contributed by atoms with Gasteiger partial charge in [0.1, 0.15) is 5.60 Å². The predicted octanol–water partition coefficient (Wildman–Crippen LogP) is 3.95. The fourth-order valence-corrected chi connectivity index (χ4v) is 0.998. The first-order valence-electron chi connectivity index (χ1n) is 6.83. The van der Waals surface area contributed by atoms with Gasteiger partial charge in [-0.1, -0.05) is 13.8 Å². The van der Waals surface area contributed by atoms with Gasteiger partial charge in [-0.3, -0.25) is 4.79 Å². The number of hydrogen-bond donors (Lipinski definition) is 0. The first kappa shape index (κ1) is 17.4. The van der Waals surface area contributed by atoms with E-state index in [0.717, 1.165) is 12.8 Å². The van der Waals surface area contributed by atoms with Crippen molar-refractivity contribution in [1.82, 2.24) is 0 Å². The van der Waals surface area contributed by atoms with E-state index in [1.54, 1.807) is 0 Å². The van der Waals surface area contributed by atoms with Crippen molar-refractivity contribution in [3.8, 4) is 0 Å². The van der Waals surface area contributed by atoms with Crippen molar-refractivity contribution in [2.24, 2.45) is 5.41 Å². The van der Waals surface area contributed by atoms with Gasteiger partial charge in [0, 0.05) is 0 Å². The molecule has 0 aromatic rings. The fraction of sp³-hybridized carbons (Fsp3) is 0.933. The maximum Gasteiger partial charge on any atom is 0.314 e. The van der Waals surface area contributed by atoms with Gasteiger partial charge in [-0.2, -0.15) is 0 Å². The Morgan fingerprint density at radius 1 is 0.889 bits per heavy atom. The van der Waals surface area contributed by atoms with Crippen molar-refractivity contribution in [3.63, 3.8) is 0 Å². The molecule has 0 spiro atoms. The topological polar surface area (TPSA) is 35.5 Å². The molecular weight excluding hydrogens is 228 g/mol. The molecule has 0 unspecified atom stereocenters. The number of ether oxygens (including phenoxy) is 2. The highest BCUT2D eigenvalue weighted by molar-refractivity contribution is 5.76. The molecule has 0 heterocycles. The van der Waals surface area contributed by atoms with E-state index in [-0.39, 0.29) is 11.6 Å². The quantitative estimate of drug-likeness (QED) is 0.649. The smallest absolute Gasteiger partial charge is 0.314 e. The van der Waals surface area contributed by atoms with Crippen LogP contribution in [0.3, 0.4) is 0 Å². The number of hydrogen-bond acceptors (Lipinski definition) is 3. The Morgan fingerprint density at radius 3 is 1.72 bits per heavy atom. The van der Waals surface area contributed by atoms with Crippen molar-refractivity contribution in [2.75, 3.05) is 6.61 Å². The highest BCUT2D eigenvalue weighted by Gasteiger charge is 2.35. The Balaban J connectivity index is 4.50. The van der Waals surface area contributed by atoms with E-state index in [1.165, 1.54) is 0 Å². The molecule has 18 heavy (non-hydrogen) atoms. The van der Waals surface area contributed by atoms with Crippen LogP contribution >= 0.6 is 0 Å². The molecule has 0 saturated carbocycles. The van der Waals surface area contributed by atoms with Gasteiger partial charge in [-0.05, 0) is 54.4 Å². The van der Waals surface area contributed by atoms with Gasteiger partial charge in [0.05, 0.1) is 17.6 Å². The summed E-state index contributed by atoms with van der Waals surface area (Å²) in [5, 5.41) is 0. The van der Waals surface area contributed by atoms with Gasteiger partial charge >= 0.3 is 5.97 Å². The second kappa shape index (κ2) is 6.05. The van der Waals surface area contributed by atoms with Gasteiger partial charge in [0.25, 0.3) is 0 Å². The molecule has 0 saturated heterocycles. The standard InChI is InChI=1S/C15H30O3/c1-9-14(5,6)17-11-13(3,4)12(16)18-15(7,8)10-2/h9-11H2,1-8H3. The molecular formula is C15H30O3. The molecule has 0 radical (unpaired) electrons. The largest absolute Gasteiger partial charge is 0.459 e. The van der Waals surface area contributed by atoms with Crippen molar-refractivity contribution in [2.45, 2.75) is 79.4 Å². The maximum atomic E-state index is 12.1. The van der Waals surface area contributed by atoms with Crippen molar-refractivity contribution >= 4 is 5.97 Å². The van der Waals surface area contributed by atoms with Crippen LogP contribution in [-0.4, -0.2) is 23.8 Å². The van der Waals surface area contributed by atoms with Crippen LogP contribution < -0.4 is 0 Å². The zero-order chi connectivity index (χ0) is 14.6. The Hall–Kier alpha value is -0.570. The van der Waals surface area contributed by atoms with Crippen LogP contribution in [0, 0.1) is 5.41 Å². The predicted molar refractivity (Wildman–Crippen MR) is 74.6 cm³/mol. The number of carbonyl (C=O) groups is 1. The van der Waals surface area contributed by atoms with E-state index >= 15 is 0 Å². The molecule has 0 fully saturated rings. The van der Waals surface area contributed by atoms with Crippen LogP contribution in [0.4, 0.5) is 0 Å². The first-order chi connectivity index (χ1) is 7.96. The second-order valence-electron chi connectivity index (χ2n) is 6.79. The molecule has 0 bridgehead atoms. The summed E-state index contributed by atoms with van der Waals surface area (Å²) in [6.07, 6.45) is 1.72. The van der Waals surface area contributed by atoms with Gasteiger partial charge in [0.15, 0.2) is 0 Å². The molecule has 0 aliphatic rings. The number of esters is 1. The van der Waals surface area contributed by atoms with Crippen LogP contribution in [0.1, 0.15) is 68.2 Å². The lowest BCUT2D eigenvalue weighted by molar-refractivity contribution is -0.174. The molecule has 3 nitrogen and oxygen atoms in total. The zero-order valence-corrected chi connectivity index (χ0v) is 13.3. The van der Waals surface area contributed by atoms with E-state index in [4.69, 9.17) is 9.47 Å². The molecule has 0 amide bonds. The average molecular weight is 258 g/mol. The Bertz CT molecular complexity index is 277. The summed E-state index contributed by atoms with van der Waals surface area (Å²) in [5.41, 5.74) is -1.22. The van der Waals surface area contributed by atoms with Gasteiger partial charge in [-0.15, -0.1) is 0 Å². The van der Waals surface area contributed by atoms with Gasteiger partial charge in [0.2, 0.25) is 0 Å². The molecule has 0 N–H and O–H groups in total. The summed E-state index contributed by atoms with van der Waals surface area (Å²) in [6, 6.07) is 0.